The van der Waals surface area contributed by atoms with Crippen molar-refractivity contribution < 1.29 is 18.7 Å². The Labute approximate surface area is 192 Å². The highest BCUT2D eigenvalue weighted by Gasteiger charge is 2.14. The second-order valence-electron chi connectivity index (χ2n) is 5.58. The van der Waals surface area contributed by atoms with Crippen LogP contribution in [-0.2, 0) is 0 Å². The Morgan fingerprint density at radius 2 is 2.07 bits per heavy atom. The van der Waals surface area contributed by atoms with Crippen molar-refractivity contribution in [3.05, 3.63) is 54.2 Å². The molecule has 0 aliphatic carbocycles. The Balaban J connectivity index is 1.77. The minimum Gasteiger partial charge on any atom is -0.492 e. The molecular weight excluding hydrogens is 607 g/mol. The lowest BCUT2D eigenvalue weighted by Gasteiger charge is -2.11. The number of hydrogen-bond acceptors (Lipinski definition) is 5. The van der Waals surface area contributed by atoms with E-state index in [4.69, 9.17) is 13.9 Å². The zero-order valence-electron chi connectivity index (χ0n) is 14.9. The first-order valence-corrected chi connectivity index (χ1v) is 10.8. The van der Waals surface area contributed by atoms with E-state index in [2.05, 4.69) is 65.0 Å². The number of furan rings is 1. The Morgan fingerprint density at radius 1 is 1.29 bits per heavy atom. The van der Waals surface area contributed by atoms with Crippen LogP contribution in [0.15, 0.2) is 48.8 Å². The van der Waals surface area contributed by atoms with Gasteiger partial charge in [-0.15, -0.1) is 0 Å². The van der Waals surface area contributed by atoms with E-state index in [0.717, 1.165) is 23.5 Å². The molecule has 0 spiro atoms. The summed E-state index contributed by atoms with van der Waals surface area (Å²) >= 11 is 9.00. The number of ether oxygens (including phenoxy) is 2. The summed E-state index contributed by atoms with van der Waals surface area (Å²) in [5.41, 5.74) is 3.85. The van der Waals surface area contributed by atoms with Gasteiger partial charge in [-0.05, 0) is 81.3 Å². The average molecular weight is 622 g/mol. The number of benzene rings is 2. The van der Waals surface area contributed by atoms with Crippen LogP contribution in [0.5, 0.6) is 11.5 Å². The summed E-state index contributed by atoms with van der Waals surface area (Å²) in [6.07, 6.45) is 1.54. The van der Waals surface area contributed by atoms with Crippen LogP contribution in [0.4, 0.5) is 0 Å². The Kier molecular flexibility index (Phi) is 7.00. The first kappa shape index (κ1) is 21.1. The van der Waals surface area contributed by atoms with Crippen LogP contribution in [0.2, 0.25) is 0 Å². The molecule has 146 valence electrons. The molecule has 0 atom stereocenters. The van der Waals surface area contributed by atoms with Crippen LogP contribution < -0.4 is 14.9 Å². The molecule has 0 aliphatic rings. The van der Waals surface area contributed by atoms with E-state index in [0.29, 0.717) is 23.7 Å². The molecule has 0 bridgehead atoms. The van der Waals surface area contributed by atoms with Crippen LogP contribution in [0.3, 0.4) is 0 Å². The highest BCUT2D eigenvalue weighted by atomic mass is 127. The molecule has 9 heteroatoms. The van der Waals surface area contributed by atoms with Crippen molar-refractivity contribution in [3.63, 3.8) is 0 Å². The van der Waals surface area contributed by atoms with E-state index in [1.165, 1.54) is 6.21 Å². The van der Waals surface area contributed by atoms with Crippen molar-refractivity contribution in [1.29, 1.82) is 0 Å². The number of hydrazone groups is 1. The lowest BCUT2D eigenvalue weighted by atomic mass is 10.2. The van der Waals surface area contributed by atoms with E-state index in [-0.39, 0.29) is 5.76 Å². The first-order chi connectivity index (χ1) is 13.4. The van der Waals surface area contributed by atoms with Crippen LogP contribution in [0, 0.1) is 3.57 Å². The molecule has 0 radical (unpaired) electrons. The lowest BCUT2D eigenvalue weighted by Crippen LogP contribution is -2.16. The van der Waals surface area contributed by atoms with Gasteiger partial charge in [0.2, 0.25) is 0 Å². The molecule has 3 aromatic rings. The number of nitrogens with one attached hydrogen (secondary N) is 1. The van der Waals surface area contributed by atoms with Crippen molar-refractivity contribution >= 4 is 77.5 Å². The summed E-state index contributed by atoms with van der Waals surface area (Å²) in [6.45, 7) is 2.42. The maximum atomic E-state index is 12.3. The van der Waals surface area contributed by atoms with E-state index in [1.54, 1.807) is 19.2 Å². The van der Waals surface area contributed by atoms with E-state index < -0.39 is 5.91 Å². The van der Waals surface area contributed by atoms with Gasteiger partial charge in [-0.1, -0.05) is 15.9 Å². The molecule has 1 amide bonds. The second kappa shape index (κ2) is 9.27. The monoisotopic (exact) mass is 620 g/mol. The lowest BCUT2D eigenvalue weighted by molar-refractivity contribution is 0.0929. The standard InChI is InChI=1S/C19H15Br2IN2O4/c1-3-27-15-5-10(4-14(22)18(15)26-2)9-23-24-19(25)16-7-11-6-12(20)8-13(21)17(11)28-16/h4-9H,3H2,1-2H3,(H,24,25)/b23-9-. The Bertz CT molecular complexity index is 1070. The van der Waals surface area contributed by atoms with Gasteiger partial charge in [0.15, 0.2) is 17.3 Å². The maximum Gasteiger partial charge on any atom is 0.307 e. The van der Waals surface area contributed by atoms with E-state index in [1.807, 2.05) is 25.1 Å². The zero-order chi connectivity index (χ0) is 20.3. The normalized spacial score (nSPS) is 11.2. The predicted octanol–water partition coefficient (Wildman–Crippen LogP) is 5.73. The minimum atomic E-state index is -0.441. The molecule has 0 aliphatic heterocycles. The molecule has 0 unspecified atom stereocenters. The number of fused-ring (bicyclic) bond motifs is 1. The van der Waals surface area contributed by atoms with Gasteiger partial charge in [-0.25, -0.2) is 5.43 Å². The Morgan fingerprint density at radius 3 is 2.79 bits per heavy atom. The molecular formula is C19H15Br2IN2O4. The van der Waals surface area contributed by atoms with Crippen LogP contribution in [-0.4, -0.2) is 25.8 Å². The molecule has 1 N–H and O–H groups in total. The molecule has 3 rings (SSSR count). The van der Waals surface area contributed by atoms with Gasteiger partial charge in [-0.3, -0.25) is 4.79 Å². The van der Waals surface area contributed by atoms with Gasteiger partial charge in [0.05, 0.1) is 28.0 Å². The summed E-state index contributed by atoms with van der Waals surface area (Å²) in [6, 6.07) is 9.08. The van der Waals surface area contributed by atoms with Gasteiger partial charge in [0, 0.05) is 9.86 Å². The van der Waals surface area contributed by atoms with Crippen molar-refractivity contribution in [2.75, 3.05) is 13.7 Å². The summed E-state index contributed by atoms with van der Waals surface area (Å²) in [5.74, 6) is 1.02. The van der Waals surface area contributed by atoms with Crippen molar-refractivity contribution in [2.45, 2.75) is 6.92 Å². The number of halogens is 3. The fraction of sp³-hybridized carbons (Fsp3) is 0.158. The fourth-order valence-corrected chi connectivity index (χ4v) is 4.72. The number of carbonyl (C=O) groups is 1. The largest absolute Gasteiger partial charge is 0.492 e. The number of rotatable bonds is 6. The summed E-state index contributed by atoms with van der Waals surface area (Å²) < 4.78 is 19.1. The van der Waals surface area contributed by atoms with E-state index >= 15 is 0 Å². The molecule has 28 heavy (non-hydrogen) atoms. The highest BCUT2D eigenvalue weighted by molar-refractivity contribution is 14.1. The number of methoxy groups -OCH3 is 1. The molecule has 1 heterocycles. The Hall–Kier alpha value is -1.59. The molecule has 1 aromatic heterocycles. The molecule has 0 saturated carbocycles. The van der Waals surface area contributed by atoms with Gasteiger partial charge in [0.1, 0.15) is 5.58 Å². The summed E-state index contributed by atoms with van der Waals surface area (Å²) in [7, 11) is 1.60. The molecule has 2 aromatic carbocycles. The average Bonchev–Trinajstić information content (AvgIpc) is 3.06. The third kappa shape index (κ3) is 4.69. The van der Waals surface area contributed by atoms with Crippen LogP contribution >= 0.6 is 54.5 Å². The SMILES string of the molecule is CCOc1cc(/C=N\NC(=O)c2cc3cc(Br)cc(Br)c3o2)cc(I)c1OC. The van der Waals surface area contributed by atoms with Crippen LogP contribution in [0.1, 0.15) is 23.0 Å². The van der Waals surface area contributed by atoms with Gasteiger partial charge in [0.25, 0.3) is 0 Å². The fourth-order valence-electron chi connectivity index (χ4n) is 2.53. The second-order valence-corrected chi connectivity index (χ2v) is 8.52. The predicted molar refractivity (Wildman–Crippen MR) is 124 cm³/mol. The summed E-state index contributed by atoms with van der Waals surface area (Å²) in [4.78, 5) is 12.3. The third-order valence-corrected chi connectivity index (χ3v) is 5.52. The van der Waals surface area contributed by atoms with Crippen molar-refractivity contribution in [2.24, 2.45) is 5.10 Å². The number of hydrogen-bond donors (Lipinski definition) is 1. The minimum absolute atomic E-state index is 0.172. The third-order valence-electron chi connectivity index (χ3n) is 3.68. The highest BCUT2D eigenvalue weighted by Crippen LogP contribution is 2.33. The number of carbonyl (C=O) groups excluding carboxylic acids is 1. The smallest absolute Gasteiger partial charge is 0.307 e. The molecule has 0 saturated heterocycles. The molecule has 0 fully saturated rings. The van der Waals surface area contributed by atoms with Gasteiger partial charge < -0.3 is 13.9 Å². The van der Waals surface area contributed by atoms with Gasteiger partial charge in [-0.2, -0.15) is 5.10 Å². The first-order valence-electron chi connectivity index (χ1n) is 8.15. The quantitative estimate of drug-likeness (QED) is 0.217. The maximum absolute atomic E-state index is 12.3. The van der Waals surface area contributed by atoms with E-state index in [9.17, 15) is 4.79 Å². The zero-order valence-corrected chi connectivity index (χ0v) is 20.2. The molecule has 6 nitrogen and oxygen atoms in total. The van der Waals surface area contributed by atoms with Crippen molar-refractivity contribution in [1.82, 2.24) is 5.43 Å². The van der Waals surface area contributed by atoms with Crippen LogP contribution in [0.25, 0.3) is 11.0 Å². The van der Waals surface area contributed by atoms with Gasteiger partial charge >= 0.3 is 5.91 Å². The number of nitrogens with zero attached hydrogens (tertiary/aromatic N) is 1. The van der Waals surface area contributed by atoms with Crippen molar-refractivity contribution in [3.8, 4) is 11.5 Å². The topological polar surface area (TPSA) is 73.1 Å². The number of amides is 1. The summed E-state index contributed by atoms with van der Waals surface area (Å²) in [5, 5.41) is 4.83.